The number of halogens is 1. The van der Waals surface area contributed by atoms with Crippen molar-refractivity contribution in [2.24, 2.45) is 0 Å². The topological polar surface area (TPSA) is 43.9 Å². The number of piperidine rings is 1. The van der Waals surface area contributed by atoms with Gasteiger partial charge in [-0.3, -0.25) is 14.5 Å². The normalized spacial score (nSPS) is 18.8. The molecule has 5 nitrogen and oxygen atoms in total. The van der Waals surface area contributed by atoms with Crippen molar-refractivity contribution in [1.82, 2.24) is 14.7 Å². The van der Waals surface area contributed by atoms with Crippen molar-refractivity contribution in [1.29, 1.82) is 0 Å². The first kappa shape index (κ1) is 19.4. The predicted molar refractivity (Wildman–Crippen MR) is 106 cm³/mol. The SMILES string of the molecule is O=C(CCc1ccccc1Br)N1CCN(CC(=O)N2CCCCC2)CC1. The van der Waals surface area contributed by atoms with Crippen LogP contribution in [-0.2, 0) is 16.0 Å². The summed E-state index contributed by atoms with van der Waals surface area (Å²) in [5.74, 6) is 0.459. The van der Waals surface area contributed by atoms with E-state index in [-0.39, 0.29) is 11.8 Å². The number of rotatable bonds is 5. The Labute approximate surface area is 164 Å². The fourth-order valence-electron chi connectivity index (χ4n) is 3.69. The van der Waals surface area contributed by atoms with Crippen molar-refractivity contribution in [3.8, 4) is 0 Å². The van der Waals surface area contributed by atoms with Crippen LogP contribution in [0.25, 0.3) is 0 Å². The highest BCUT2D eigenvalue weighted by Gasteiger charge is 2.24. The van der Waals surface area contributed by atoms with E-state index < -0.39 is 0 Å². The quantitative estimate of drug-likeness (QED) is 0.733. The van der Waals surface area contributed by atoms with E-state index in [0.29, 0.717) is 13.0 Å². The van der Waals surface area contributed by atoms with Gasteiger partial charge in [-0.1, -0.05) is 34.1 Å². The number of piperazine rings is 1. The van der Waals surface area contributed by atoms with Gasteiger partial charge in [-0.2, -0.15) is 0 Å². The summed E-state index contributed by atoms with van der Waals surface area (Å²) >= 11 is 3.54. The second-order valence-electron chi connectivity index (χ2n) is 7.19. The molecule has 2 amide bonds. The first-order chi connectivity index (χ1) is 12.6. The number of carbonyl (C=O) groups is 2. The molecule has 0 radical (unpaired) electrons. The lowest BCUT2D eigenvalue weighted by atomic mass is 10.1. The fraction of sp³-hybridized carbons (Fsp3) is 0.600. The van der Waals surface area contributed by atoms with Crippen molar-refractivity contribution in [3.63, 3.8) is 0 Å². The molecule has 2 saturated heterocycles. The molecular formula is C20H28BrN3O2. The van der Waals surface area contributed by atoms with Crippen LogP contribution in [0, 0.1) is 0 Å². The van der Waals surface area contributed by atoms with Gasteiger partial charge in [0, 0.05) is 50.2 Å². The summed E-state index contributed by atoms with van der Waals surface area (Å²) in [4.78, 5) is 31.0. The molecule has 142 valence electrons. The van der Waals surface area contributed by atoms with Crippen molar-refractivity contribution in [2.75, 3.05) is 45.8 Å². The minimum absolute atomic E-state index is 0.211. The van der Waals surface area contributed by atoms with Crippen LogP contribution in [0.2, 0.25) is 0 Å². The number of benzene rings is 1. The second kappa shape index (κ2) is 9.51. The molecule has 1 aromatic carbocycles. The van der Waals surface area contributed by atoms with Crippen LogP contribution in [0.1, 0.15) is 31.2 Å². The summed E-state index contributed by atoms with van der Waals surface area (Å²) in [6.07, 6.45) is 4.80. The fourth-order valence-corrected chi connectivity index (χ4v) is 4.17. The lowest BCUT2D eigenvalue weighted by Gasteiger charge is -2.36. The molecule has 2 aliphatic heterocycles. The molecule has 3 rings (SSSR count). The van der Waals surface area contributed by atoms with E-state index in [2.05, 4.69) is 26.9 Å². The molecule has 2 aliphatic rings. The van der Waals surface area contributed by atoms with E-state index >= 15 is 0 Å². The van der Waals surface area contributed by atoms with E-state index in [1.807, 2.05) is 28.0 Å². The van der Waals surface area contributed by atoms with E-state index in [9.17, 15) is 9.59 Å². The van der Waals surface area contributed by atoms with Crippen LogP contribution >= 0.6 is 15.9 Å². The third-order valence-corrected chi connectivity index (χ3v) is 6.13. The van der Waals surface area contributed by atoms with Gasteiger partial charge >= 0.3 is 0 Å². The summed E-state index contributed by atoms with van der Waals surface area (Å²) in [6.45, 7) is 5.35. The zero-order valence-corrected chi connectivity index (χ0v) is 16.9. The molecule has 0 saturated carbocycles. The number of carbonyl (C=O) groups excluding carboxylic acids is 2. The number of hydrogen-bond donors (Lipinski definition) is 0. The molecule has 0 unspecified atom stereocenters. The molecule has 0 N–H and O–H groups in total. The maximum Gasteiger partial charge on any atom is 0.236 e. The Bertz CT molecular complexity index is 623. The average molecular weight is 422 g/mol. The van der Waals surface area contributed by atoms with E-state index in [1.165, 1.54) is 12.0 Å². The Balaban J connectivity index is 1.39. The second-order valence-corrected chi connectivity index (χ2v) is 8.04. The maximum atomic E-state index is 12.5. The standard InChI is InChI=1S/C20H28BrN3O2/c21-18-7-3-2-6-17(18)8-9-19(25)24-14-12-22(13-15-24)16-20(26)23-10-4-1-5-11-23/h2-3,6-7H,1,4-5,8-16H2. The van der Waals surface area contributed by atoms with Crippen molar-refractivity contribution < 1.29 is 9.59 Å². The van der Waals surface area contributed by atoms with E-state index in [1.54, 1.807) is 0 Å². The Kier molecular flexibility index (Phi) is 7.08. The zero-order valence-electron chi connectivity index (χ0n) is 15.3. The van der Waals surface area contributed by atoms with Crippen LogP contribution in [0.3, 0.4) is 0 Å². The minimum Gasteiger partial charge on any atom is -0.342 e. The highest BCUT2D eigenvalue weighted by molar-refractivity contribution is 9.10. The van der Waals surface area contributed by atoms with E-state index in [0.717, 1.165) is 63.0 Å². The number of nitrogens with zero attached hydrogens (tertiary/aromatic N) is 3. The Hall–Kier alpha value is -1.40. The summed E-state index contributed by atoms with van der Waals surface area (Å²) in [7, 11) is 0. The van der Waals surface area contributed by atoms with Gasteiger partial charge in [0.25, 0.3) is 0 Å². The maximum absolute atomic E-state index is 12.5. The van der Waals surface area contributed by atoms with Crippen molar-refractivity contribution >= 4 is 27.7 Å². The van der Waals surface area contributed by atoms with Crippen LogP contribution < -0.4 is 0 Å². The summed E-state index contributed by atoms with van der Waals surface area (Å²) in [5.41, 5.74) is 1.17. The molecule has 0 atom stereocenters. The number of amides is 2. The van der Waals surface area contributed by atoms with Gasteiger partial charge in [-0.05, 0) is 37.3 Å². The summed E-state index contributed by atoms with van der Waals surface area (Å²) in [5, 5.41) is 0. The van der Waals surface area contributed by atoms with Crippen molar-refractivity contribution in [3.05, 3.63) is 34.3 Å². The van der Waals surface area contributed by atoms with Crippen LogP contribution in [-0.4, -0.2) is 72.3 Å². The molecule has 2 heterocycles. The third kappa shape index (κ3) is 5.30. The lowest BCUT2D eigenvalue weighted by molar-refractivity contribution is -0.135. The van der Waals surface area contributed by atoms with Crippen LogP contribution in [0.5, 0.6) is 0 Å². The Morgan fingerprint density at radius 1 is 0.846 bits per heavy atom. The number of hydrogen-bond acceptors (Lipinski definition) is 3. The number of aryl methyl sites for hydroxylation is 1. The lowest BCUT2D eigenvalue weighted by Crippen LogP contribution is -2.52. The van der Waals surface area contributed by atoms with Crippen LogP contribution in [0.15, 0.2) is 28.7 Å². The summed E-state index contributed by atoms with van der Waals surface area (Å²) < 4.78 is 1.06. The zero-order chi connectivity index (χ0) is 18.4. The minimum atomic E-state index is 0.211. The molecular weight excluding hydrogens is 394 g/mol. The molecule has 1 aromatic rings. The van der Waals surface area contributed by atoms with Gasteiger partial charge in [0.15, 0.2) is 0 Å². The number of likely N-dealkylation sites (tertiary alicyclic amines) is 1. The molecule has 0 bridgehead atoms. The van der Waals surface area contributed by atoms with Gasteiger partial charge in [-0.25, -0.2) is 0 Å². The smallest absolute Gasteiger partial charge is 0.236 e. The van der Waals surface area contributed by atoms with Gasteiger partial charge in [0.1, 0.15) is 0 Å². The molecule has 26 heavy (non-hydrogen) atoms. The summed E-state index contributed by atoms with van der Waals surface area (Å²) in [6, 6.07) is 8.06. The molecule has 6 heteroatoms. The van der Waals surface area contributed by atoms with Gasteiger partial charge in [0.05, 0.1) is 6.54 Å². The highest BCUT2D eigenvalue weighted by Crippen LogP contribution is 2.18. The Morgan fingerprint density at radius 3 is 2.19 bits per heavy atom. The van der Waals surface area contributed by atoms with Gasteiger partial charge in [0.2, 0.25) is 11.8 Å². The first-order valence-corrected chi connectivity index (χ1v) is 10.4. The highest BCUT2D eigenvalue weighted by atomic mass is 79.9. The Morgan fingerprint density at radius 2 is 1.50 bits per heavy atom. The molecule has 0 spiro atoms. The largest absolute Gasteiger partial charge is 0.342 e. The van der Waals surface area contributed by atoms with Gasteiger partial charge < -0.3 is 9.80 Å². The molecule has 2 fully saturated rings. The molecule has 0 aromatic heterocycles. The molecule has 0 aliphatic carbocycles. The average Bonchev–Trinajstić information content (AvgIpc) is 2.68. The van der Waals surface area contributed by atoms with E-state index in [4.69, 9.17) is 0 Å². The van der Waals surface area contributed by atoms with Crippen molar-refractivity contribution in [2.45, 2.75) is 32.1 Å². The first-order valence-electron chi connectivity index (χ1n) is 9.65. The van der Waals surface area contributed by atoms with Gasteiger partial charge in [-0.15, -0.1) is 0 Å². The third-order valence-electron chi connectivity index (χ3n) is 5.36. The monoisotopic (exact) mass is 421 g/mol. The van der Waals surface area contributed by atoms with Crippen LogP contribution in [0.4, 0.5) is 0 Å². The predicted octanol–water partition coefficient (Wildman–Crippen LogP) is 2.54.